The Morgan fingerprint density at radius 3 is 2.50 bits per heavy atom. The molecule has 3 nitrogen and oxygen atoms in total. The Kier molecular flexibility index (Phi) is 5.35. The smallest absolute Gasteiger partial charge is 0.321 e. The number of halogens is 2. The quantitative estimate of drug-likeness (QED) is 0.855. The Labute approximate surface area is 144 Å². The van der Waals surface area contributed by atoms with Crippen molar-refractivity contribution in [3.8, 4) is 0 Å². The Morgan fingerprint density at radius 2 is 1.75 bits per heavy atom. The van der Waals surface area contributed by atoms with Gasteiger partial charge in [-0.15, -0.1) is 0 Å². The first-order valence-corrected chi connectivity index (χ1v) is 8.86. The van der Waals surface area contributed by atoms with Gasteiger partial charge in [0, 0.05) is 29.7 Å². The highest BCUT2D eigenvalue weighted by atomic mass is 32.2. The number of nitrogens with zero attached hydrogens (tertiary/aromatic N) is 1. The fourth-order valence-corrected chi connectivity index (χ4v) is 3.97. The number of carbonyl (C=O) groups is 1. The molecule has 1 aliphatic rings. The van der Waals surface area contributed by atoms with Crippen molar-refractivity contribution >= 4 is 23.5 Å². The molecule has 1 N–H and O–H groups in total. The highest BCUT2D eigenvalue weighted by Gasteiger charge is 2.24. The molecule has 0 radical (unpaired) electrons. The maximum absolute atomic E-state index is 13.9. The number of rotatable bonds is 2. The van der Waals surface area contributed by atoms with Gasteiger partial charge in [-0.2, -0.15) is 11.8 Å². The number of thioether (sulfide) groups is 1. The summed E-state index contributed by atoms with van der Waals surface area (Å²) in [5.41, 5.74) is 0.851. The van der Waals surface area contributed by atoms with E-state index in [9.17, 15) is 13.6 Å². The van der Waals surface area contributed by atoms with E-state index >= 15 is 0 Å². The normalized spacial score (nSPS) is 18.1. The molecular weight excluding hydrogens is 330 g/mol. The molecule has 0 aliphatic carbocycles. The van der Waals surface area contributed by atoms with Gasteiger partial charge in [-0.05, 0) is 24.6 Å². The van der Waals surface area contributed by atoms with Gasteiger partial charge in [-0.1, -0.05) is 30.3 Å². The van der Waals surface area contributed by atoms with Crippen molar-refractivity contribution in [1.82, 2.24) is 4.90 Å². The molecule has 3 rings (SSSR count). The lowest BCUT2D eigenvalue weighted by molar-refractivity contribution is 0.215. The van der Waals surface area contributed by atoms with E-state index in [1.165, 1.54) is 18.2 Å². The largest absolute Gasteiger partial charge is 0.324 e. The van der Waals surface area contributed by atoms with Gasteiger partial charge in [0.15, 0.2) is 0 Å². The SMILES string of the molecule is O=C(Nc1ccccc1F)N1CCSC(c2ccccc2F)CC1. The molecule has 0 spiro atoms. The lowest BCUT2D eigenvalue weighted by Crippen LogP contribution is -2.36. The van der Waals surface area contributed by atoms with Gasteiger partial charge in [-0.25, -0.2) is 13.6 Å². The van der Waals surface area contributed by atoms with E-state index in [4.69, 9.17) is 0 Å². The van der Waals surface area contributed by atoms with E-state index in [0.29, 0.717) is 30.8 Å². The van der Waals surface area contributed by atoms with Crippen LogP contribution in [0.3, 0.4) is 0 Å². The van der Waals surface area contributed by atoms with Crippen LogP contribution in [0.25, 0.3) is 0 Å². The molecule has 0 aromatic heterocycles. The number of benzene rings is 2. The summed E-state index contributed by atoms with van der Waals surface area (Å²) in [6.45, 7) is 1.06. The van der Waals surface area contributed by atoms with Gasteiger partial charge in [0.1, 0.15) is 11.6 Å². The molecule has 6 heteroatoms. The minimum absolute atomic E-state index is 0.0254. The minimum atomic E-state index is -0.459. The number of para-hydroxylation sites is 1. The second kappa shape index (κ2) is 7.66. The molecule has 126 valence electrons. The van der Waals surface area contributed by atoms with Crippen molar-refractivity contribution in [2.75, 3.05) is 24.2 Å². The molecule has 24 heavy (non-hydrogen) atoms. The Morgan fingerprint density at radius 1 is 1.04 bits per heavy atom. The first-order valence-electron chi connectivity index (χ1n) is 7.81. The third-order valence-corrected chi connectivity index (χ3v) is 5.31. The second-order valence-corrected chi connectivity index (χ2v) is 6.88. The predicted octanol–water partition coefficient (Wildman–Crippen LogP) is 4.68. The van der Waals surface area contributed by atoms with Crippen LogP contribution >= 0.6 is 11.8 Å². The van der Waals surface area contributed by atoms with Gasteiger partial charge < -0.3 is 10.2 Å². The predicted molar refractivity (Wildman–Crippen MR) is 93.2 cm³/mol. The summed E-state index contributed by atoms with van der Waals surface area (Å²) < 4.78 is 27.6. The molecule has 1 atom stereocenters. The summed E-state index contributed by atoms with van der Waals surface area (Å²) in [6.07, 6.45) is 0.663. The average molecular weight is 348 g/mol. The van der Waals surface area contributed by atoms with E-state index in [1.54, 1.807) is 40.9 Å². The summed E-state index contributed by atoms with van der Waals surface area (Å²) in [5, 5.41) is 2.63. The Balaban J connectivity index is 1.64. The van der Waals surface area contributed by atoms with Crippen LogP contribution in [-0.4, -0.2) is 29.8 Å². The lowest BCUT2D eigenvalue weighted by atomic mass is 10.1. The Bertz CT molecular complexity index is 726. The van der Waals surface area contributed by atoms with Gasteiger partial charge in [-0.3, -0.25) is 0 Å². The van der Waals surface area contributed by atoms with Crippen LogP contribution in [0.1, 0.15) is 17.2 Å². The lowest BCUT2D eigenvalue weighted by Gasteiger charge is -2.21. The van der Waals surface area contributed by atoms with E-state index in [0.717, 1.165) is 0 Å². The summed E-state index contributed by atoms with van der Waals surface area (Å²) in [5.74, 6) is 0.0440. The molecule has 2 aromatic carbocycles. The molecule has 0 saturated carbocycles. The minimum Gasteiger partial charge on any atom is -0.324 e. The first-order chi connectivity index (χ1) is 11.6. The summed E-state index contributed by atoms with van der Waals surface area (Å²) in [7, 11) is 0. The van der Waals surface area contributed by atoms with Crippen molar-refractivity contribution in [2.45, 2.75) is 11.7 Å². The van der Waals surface area contributed by atoms with Crippen molar-refractivity contribution in [3.63, 3.8) is 0 Å². The van der Waals surface area contributed by atoms with Gasteiger partial charge in [0.2, 0.25) is 0 Å². The topological polar surface area (TPSA) is 32.3 Å². The number of carbonyl (C=O) groups excluding carboxylic acids is 1. The second-order valence-electron chi connectivity index (χ2n) is 5.57. The number of anilines is 1. The summed E-state index contributed by atoms with van der Waals surface area (Å²) in [6, 6.07) is 12.5. The van der Waals surface area contributed by atoms with Crippen LogP contribution in [0.4, 0.5) is 19.3 Å². The third kappa shape index (κ3) is 3.87. The number of urea groups is 1. The highest BCUT2D eigenvalue weighted by molar-refractivity contribution is 7.99. The molecule has 1 unspecified atom stereocenters. The van der Waals surface area contributed by atoms with Crippen LogP contribution in [-0.2, 0) is 0 Å². The van der Waals surface area contributed by atoms with E-state index in [2.05, 4.69) is 5.32 Å². The molecule has 0 bridgehead atoms. The standard InChI is InChI=1S/C18H18F2N2OS/c19-14-6-2-1-5-13(14)17-9-10-22(11-12-24-17)18(23)21-16-8-4-3-7-15(16)20/h1-8,17H,9-12H2,(H,21,23). The van der Waals surface area contributed by atoms with Gasteiger partial charge >= 0.3 is 6.03 Å². The van der Waals surface area contributed by atoms with E-state index < -0.39 is 5.82 Å². The zero-order valence-corrected chi connectivity index (χ0v) is 13.9. The van der Waals surface area contributed by atoms with Gasteiger partial charge in [0.25, 0.3) is 0 Å². The molecule has 1 fully saturated rings. The van der Waals surface area contributed by atoms with Crippen LogP contribution in [0.15, 0.2) is 48.5 Å². The maximum atomic E-state index is 13.9. The third-order valence-electron chi connectivity index (χ3n) is 4.00. The number of nitrogens with one attached hydrogen (secondary N) is 1. The Hall–Kier alpha value is -2.08. The number of amides is 2. The fourth-order valence-electron chi connectivity index (χ4n) is 2.71. The molecule has 1 heterocycles. The number of hydrogen-bond donors (Lipinski definition) is 1. The average Bonchev–Trinajstić information content (AvgIpc) is 2.83. The molecule has 2 aromatic rings. The highest BCUT2D eigenvalue weighted by Crippen LogP contribution is 2.35. The van der Waals surface area contributed by atoms with E-state index in [1.807, 2.05) is 6.07 Å². The van der Waals surface area contributed by atoms with E-state index in [-0.39, 0.29) is 22.8 Å². The van der Waals surface area contributed by atoms with Crippen LogP contribution in [0.2, 0.25) is 0 Å². The van der Waals surface area contributed by atoms with Crippen molar-refractivity contribution in [1.29, 1.82) is 0 Å². The monoisotopic (exact) mass is 348 g/mol. The van der Waals surface area contributed by atoms with Crippen molar-refractivity contribution in [3.05, 3.63) is 65.7 Å². The maximum Gasteiger partial charge on any atom is 0.321 e. The molecule has 1 saturated heterocycles. The summed E-state index contributed by atoms with van der Waals surface area (Å²) >= 11 is 1.65. The zero-order chi connectivity index (χ0) is 16.9. The molecule has 2 amide bonds. The fraction of sp³-hybridized carbons (Fsp3) is 0.278. The van der Waals surface area contributed by atoms with Crippen molar-refractivity contribution in [2.24, 2.45) is 0 Å². The molecular formula is C18H18F2N2OS. The zero-order valence-electron chi connectivity index (χ0n) is 13.0. The van der Waals surface area contributed by atoms with Crippen LogP contribution in [0, 0.1) is 11.6 Å². The van der Waals surface area contributed by atoms with Crippen molar-refractivity contribution < 1.29 is 13.6 Å². The number of hydrogen-bond acceptors (Lipinski definition) is 2. The molecule has 1 aliphatic heterocycles. The van der Waals surface area contributed by atoms with Gasteiger partial charge in [0.05, 0.1) is 5.69 Å². The van der Waals surface area contributed by atoms with Crippen LogP contribution < -0.4 is 5.32 Å². The first kappa shape index (κ1) is 16.8. The summed E-state index contributed by atoms with van der Waals surface area (Å²) in [4.78, 5) is 14.0. The van der Waals surface area contributed by atoms with Crippen LogP contribution in [0.5, 0.6) is 0 Å².